The highest BCUT2D eigenvalue weighted by molar-refractivity contribution is 5.95. The van der Waals surface area contributed by atoms with E-state index in [0.29, 0.717) is 11.5 Å². The summed E-state index contributed by atoms with van der Waals surface area (Å²) in [7, 11) is 2.14. The molecule has 0 aliphatic carbocycles. The minimum atomic E-state index is 0.0331. The van der Waals surface area contributed by atoms with E-state index >= 15 is 0 Å². The van der Waals surface area contributed by atoms with Gasteiger partial charge in [-0.1, -0.05) is 42.5 Å². The van der Waals surface area contributed by atoms with E-state index in [2.05, 4.69) is 40.4 Å². The second-order valence-electron chi connectivity index (χ2n) is 7.35. The Morgan fingerprint density at radius 1 is 0.931 bits per heavy atom. The predicted molar refractivity (Wildman–Crippen MR) is 117 cm³/mol. The number of rotatable bonds is 5. The summed E-state index contributed by atoms with van der Waals surface area (Å²) in [4.78, 5) is 25.8. The number of hydrogen-bond acceptors (Lipinski definition) is 6. The van der Waals surface area contributed by atoms with E-state index in [-0.39, 0.29) is 5.78 Å². The lowest BCUT2D eigenvalue weighted by Crippen LogP contribution is -2.44. The maximum atomic E-state index is 11.7. The average Bonchev–Trinajstić information content (AvgIpc) is 2.75. The maximum Gasteiger partial charge on any atom is 0.229 e. The lowest BCUT2D eigenvalue weighted by molar-refractivity contribution is 0.101. The number of carbonyl (C=O) groups excluding carboxylic acids is 1. The molecule has 1 aliphatic rings. The van der Waals surface area contributed by atoms with Crippen LogP contribution in [-0.2, 0) is 0 Å². The third-order valence-electron chi connectivity index (χ3n) is 5.13. The van der Waals surface area contributed by atoms with Crippen LogP contribution in [0.25, 0.3) is 11.3 Å². The molecule has 2 aromatic carbocycles. The Labute approximate surface area is 171 Å². The van der Waals surface area contributed by atoms with Crippen LogP contribution in [-0.4, -0.2) is 53.9 Å². The Morgan fingerprint density at radius 2 is 1.69 bits per heavy atom. The number of ketones is 1. The molecule has 0 amide bonds. The summed E-state index contributed by atoms with van der Waals surface area (Å²) in [6.45, 7) is 5.45. The number of anilines is 3. The van der Waals surface area contributed by atoms with Crippen LogP contribution in [0.2, 0.25) is 0 Å². The van der Waals surface area contributed by atoms with Crippen molar-refractivity contribution in [3.05, 3.63) is 66.2 Å². The normalized spacial score (nSPS) is 14.6. The lowest BCUT2D eigenvalue weighted by atomic mass is 10.1. The van der Waals surface area contributed by atoms with Gasteiger partial charge >= 0.3 is 0 Å². The first-order valence-corrected chi connectivity index (χ1v) is 9.84. The largest absolute Gasteiger partial charge is 0.354 e. The first-order chi connectivity index (χ1) is 14.1. The quantitative estimate of drug-likeness (QED) is 0.671. The van der Waals surface area contributed by atoms with Gasteiger partial charge in [-0.2, -0.15) is 4.98 Å². The van der Waals surface area contributed by atoms with Gasteiger partial charge in [0.2, 0.25) is 5.95 Å². The number of aromatic nitrogens is 2. The molecule has 1 saturated heterocycles. The minimum absolute atomic E-state index is 0.0331. The van der Waals surface area contributed by atoms with Gasteiger partial charge in [-0.15, -0.1) is 0 Å². The molecular weight excluding hydrogens is 362 g/mol. The first-order valence-electron chi connectivity index (χ1n) is 9.84. The second-order valence-corrected chi connectivity index (χ2v) is 7.35. The molecule has 1 fully saturated rings. The predicted octanol–water partition coefficient (Wildman–Crippen LogP) is 3.84. The molecule has 1 aliphatic heterocycles. The fourth-order valence-corrected chi connectivity index (χ4v) is 3.39. The highest BCUT2D eigenvalue weighted by atomic mass is 16.1. The zero-order valence-corrected chi connectivity index (χ0v) is 16.8. The molecule has 0 atom stereocenters. The second kappa shape index (κ2) is 8.41. The molecule has 0 spiro atoms. The molecular formula is C23H25N5O. The molecule has 2 heterocycles. The fraction of sp³-hybridized carbons (Fsp3) is 0.261. The van der Waals surface area contributed by atoms with Crippen LogP contribution in [0.1, 0.15) is 17.3 Å². The van der Waals surface area contributed by atoms with Gasteiger partial charge < -0.3 is 15.1 Å². The van der Waals surface area contributed by atoms with E-state index in [1.165, 1.54) is 0 Å². The Balaban J connectivity index is 1.69. The van der Waals surface area contributed by atoms with Crippen molar-refractivity contribution in [2.24, 2.45) is 0 Å². The van der Waals surface area contributed by atoms with Crippen molar-refractivity contribution in [1.29, 1.82) is 0 Å². The topological polar surface area (TPSA) is 61.4 Å². The number of nitrogens with one attached hydrogen (secondary N) is 1. The molecule has 6 heteroatoms. The Hall–Kier alpha value is -3.25. The number of likely N-dealkylation sites (N-methyl/N-ethyl adjacent to an activating group) is 1. The lowest BCUT2D eigenvalue weighted by Gasteiger charge is -2.33. The number of benzene rings is 2. The van der Waals surface area contributed by atoms with Gasteiger partial charge in [-0.05, 0) is 26.1 Å². The number of carbonyl (C=O) groups is 1. The molecule has 148 valence electrons. The van der Waals surface area contributed by atoms with Gasteiger partial charge in [0.25, 0.3) is 0 Å². The molecule has 29 heavy (non-hydrogen) atoms. The van der Waals surface area contributed by atoms with Crippen LogP contribution < -0.4 is 10.2 Å². The maximum absolute atomic E-state index is 11.7. The smallest absolute Gasteiger partial charge is 0.229 e. The van der Waals surface area contributed by atoms with Crippen LogP contribution in [0.3, 0.4) is 0 Å². The molecule has 0 saturated carbocycles. The van der Waals surface area contributed by atoms with Crippen molar-refractivity contribution in [3.8, 4) is 11.3 Å². The standard InChI is InChI=1S/C23H25N5O/c1-17(29)19-9-6-10-20(15-19)24-23-25-21(18-7-4-3-5-8-18)16-22(26-23)28-13-11-27(2)12-14-28/h3-10,15-16H,11-14H2,1-2H3,(H,24,25,26). The summed E-state index contributed by atoms with van der Waals surface area (Å²) < 4.78 is 0. The van der Waals surface area contributed by atoms with Crippen LogP contribution in [0.15, 0.2) is 60.7 Å². The van der Waals surface area contributed by atoms with E-state index in [0.717, 1.165) is 48.9 Å². The van der Waals surface area contributed by atoms with Gasteiger partial charge in [-0.25, -0.2) is 4.98 Å². The van der Waals surface area contributed by atoms with Crippen molar-refractivity contribution >= 4 is 23.2 Å². The van der Waals surface area contributed by atoms with Crippen LogP contribution in [0, 0.1) is 0 Å². The SMILES string of the molecule is CC(=O)c1cccc(Nc2nc(-c3ccccc3)cc(N3CCN(C)CC3)n2)c1. The zero-order valence-electron chi connectivity index (χ0n) is 16.8. The van der Waals surface area contributed by atoms with Gasteiger partial charge in [0, 0.05) is 49.1 Å². The molecule has 4 rings (SSSR count). The fourth-order valence-electron chi connectivity index (χ4n) is 3.39. The number of hydrogen-bond donors (Lipinski definition) is 1. The summed E-state index contributed by atoms with van der Waals surface area (Å²) in [5.41, 5.74) is 3.38. The number of piperazine rings is 1. The molecule has 3 aromatic rings. The highest BCUT2D eigenvalue weighted by Gasteiger charge is 2.18. The first kappa shape index (κ1) is 19.1. The van der Waals surface area contributed by atoms with Crippen molar-refractivity contribution in [2.45, 2.75) is 6.92 Å². The summed E-state index contributed by atoms with van der Waals surface area (Å²) in [5.74, 6) is 1.48. The van der Waals surface area contributed by atoms with Crippen LogP contribution in [0.5, 0.6) is 0 Å². The van der Waals surface area contributed by atoms with Gasteiger partial charge in [0.15, 0.2) is 5.78 Å². The zero-order chi connectivity index (χ0) is 20.2. The molecule has 0 radical (unpaired) electrons. The van der Waals surface area contributed by atoms with Crippen LogP contribution in [0.4, 0.5) is 17.5 Å². The molecule has 0 unspecified atom stereocenters. The molecule has 0 bridgehead atoms. The third kappa shape index (κ3) is 4.60. The number of Topliss-reactive ketones (excluding diaryl/α,β-unsaturated/α-hetero) is 1. The van der Waals surface area contributed by atoms with Crippen molar-refractivity contribution in [3.63, 3.8) is 0 Å². The minimum Gasteiger partial charge on any atom is -0.354 e. The third-order valence-corrected chi connectivity index (χ3v) is 5.13. The van der Waals surface area contributed by atoms with Gasteiger partial charge in [-0.3, -0.25) is 4.79 Å². The highest BCUT2D eigenvalue weighted by Crippen LogP contribution is 2.26. The molecule has 1 N–H and O–H groups in total. The van der Waals surface area contributed by atoms with E-state index < -0.39 is 0 Å². The van der Waals surface area contributed by atoms with E-state index in [1.807, 2.05) is 42.5 Å². The van der Waals surface area contributed by atoms with E-state index in [4.69, 9.17) is 9.97 Å². The summed E-state index contributed by atoms with van der Waals surface area (Å²) in [6.07, 6.45) is 0. The summed E-state index contributed by atoms with van der Waals surface area (Å²) in [6, 6.07) is 19.6. The summed E-state index contributed by atoms with van der Waals surface area (Å²) >= 11 is 0. The Bertz CT molecular complexity index is 997. The summed E-state index contributed by atoms with van der Waals surface area (Å²) in [5, 5.41) is 3.29. The van der Waals surface area contributed by atoms with E-state index in [9.17, 15) is 4.79 Å². The van der Waals surface area contributed by atoms with Crippen molar-refractivity contribution in [2.75, 3.05) is 43.4 Å². The Morgan fingerprint density at radius 3 is 2.41 bits per heavy atom. The average molecular weight is 387 g/mol. The van der Waals surface area contributed by atoms with E-state index in [1.54, 1.807) is 6.92 Å². The van der Waals surface area contributed by atoms with Crippen molar-refractivity contribution < 1.29 is 4.79 Å². The van der Waals surface area contributed by atoms with Crippen LogP contribution >= 0.6 is 0 Å². The van der Waals surface area contributed by atoms with Gasteiger partial charge in [0.05, 0.1) is 5.69 Å². The monoisotopic (exact) mass is 387 g/mol. The Kier molecular flexibility index (Phi) is 5.53. The van der Waals surface area contributed by atoms with Gasteiger partial charge in [0.1, 0.15) is 5.82 Å². The molecule has 6 nitrogen and oxygen atoms in total. The molecule has 1 aromatic heterocycles. The van der Waals surface area contributed by atoms with Crippen molar-refractivity contribution in [1.82, 2.24) is 14.9 Å². The number of nitrogens with zero attached hydrogens (tertiary/aromatic N) is 4.